The summed E-state index contributed by atoms with van der Waals surface area (Å²) in [6.45, 7) is 6.48. The van der Waals surface area contributed by atoms with Crippen LogP contribution in [0.25, 0.3) is 0 Å². The number of carbonyl (C=O) groups is 1. The van der Waals surface area contributed by atoms with E-state index < -0.39 is 5.91 Å². The SMILES string of the molecule is C=CCOc1c(Cl)cc(/C=N/NC(=O)c2ccc(OCCC)c(OC)c2)cc1OC. The Morgan fingerprint density at radius 2 is 1.90 bits per heavy atom. The molecule has 2 aromatic rings. The van der Waals surface area contributed by atoms with Crippen molar-refractivity contribution in [2.75, 3.05) is 27.4 Å². The van der Waals surface area contributed by atoms with Gasteiger partial charge in [-0.25, -0.2) is 5.43 Å². The fourth-order valence-corrected chi connectivity index (χ4v) is 2.74. The lowest BCUT2D eigenvalue weighted by atomic mass is 10.2. The van der Waals surface area contributed by atoms with E-state index in [1.54, 1.807) is 36.4 Å². The molecule has 2 aromatic carbocycles. The number of ether oxygens (including phenoxy) is 4. The zero-order chi connectivity index (χ0) is 21.9. The number of benzene rings is 2. The van der Waals surface area contributed by atoms with Crippen LogP contribution in [0.2, 0.25) is 5.02 Å². The molecule has 8 heteroatoms. The molecule has 0 saturated carbocycles. The third kappa shape index (κ3) is 6.15. The Morgan fingerprint density at radius 3 is 2.57 bits per heavy atom. The highest BCUT2D eigenvalue weighted by Crippen LogP contribution is 2.36. The van der Waals surface area contributed by atoms with Gasteiger partial charge in [-0.05, 0) is 42.3 Å². The molecule has 0 saturated heterocycles. The molecular formula is C22H25ClN2O5. The third-order valence-electron chi connectivity index (χ3n) is 3.86. The molecule has 30 heavy (non-hydrogen) atoms. The van der Waals surface area contributed by atoms with Gasteiger partial charge in [0.2, 0.25) is 0 Å². The van der Waals surface area contributed by atoms with Crippen LogP contribution in [0.1, 0.15) is 29.3 Å². The average molecular weight is 433 g/mol. The Morgan fingerprint density at radius 1 is 1.13 bits per heavy atom. The highest BCUT2D eigenvalue weighted by Gasteiger charge is 2.12. The first-order valence-corrected chi connectivity index (χ1v) is 9.67. The summed E-state index contributed by atoms with van der Waals surface area (Å²) in [7, 11) is 3.03. The summed E-state index contributed by atoms with van der Waals surface area (Å²) >= 11 is 6.26. The number of hydrogen-bond acceptors (Lipinski definition) is 6. The van der Waals surface area contributed by atoms with Crippen LogP contribution in [0.4, 0.5) is 0 Å². The van der Waals surface area contributed by atoms with Gasteiger partial charge >= 0.3 is 0 Å². The summed E-state index contributed by atoms with van der Waals surface area (Å²) in [5, 5.41) is 4.34. The zero-order valence-corrected chi connectivity index (χ0v) is 18.0. The Balaban J connectivity index is 2.10. The number of nitrogens with one attached hydrogen (secondary N) is 1. The van der Waals surface area contributed by atoms with Gasteiger partial charge in [-0.2, -0.15) is 5.10 Å². The number of amides is 1. The number of rotatable bonds is 11. The number of hydrogen-bond donors (Lipinski definition) is 1. The number of nitrogens with zero attached hydrogens (tertiary/aromatic N) is 1. The van der Waals surface area contributed by atoms with Gasteiger partial charge in [0.25, 0.3) is 5.91 Å². The maximum Gasteiger partial charge on any atom is 0.271 e. The third-order valence-corrected chi connectivity index (χ3v) is 4.15. The topological polar surface area (TPSA) is 78.4 Å². The predicted molar refractivity (Wildman–Crippen MR) is 118 cm³/mol. The number of hydrazone groups is 1. The molecule has 160 valence electrons. The van der Waals surface area contributed by atoms with E-state index in [2.05, 4.69) is 17.1 Å². The summed E-state index contributed by atoms with van der Waals surface area (Å²) in [5.74, 6) is 1.53. The summed E-state index contributed by atoms with van der Waals surface area (Å²) in [6, 6.07) is 8.29. The highest BCUT2D eigenvalue weighted by molar-refractivity contribution is 6.32. The summed E-state index contributed by atoms with van der Waals surface area (Å²) in [4.78, 5) is 12.4. The van der Waals surface area contributed by atoms with Crippen LogP contribution in [-0.4, -0.2) is 39.6 Å². The lowest BCUT2D eigenvalue weighted by Crippen LogP contribution is -2.17. The predicted octanol–water partition coefficient (Wildman–Crippen LogP) is 4.47. The Bertz CT molecular complexity index is 915. The Kier molecular flexibility index (Phi) is 9.03. The van der Waals surface area contributed by atoms with Crippen LogP contribution in [0.15, 0.2) is 48.1 Å². The van der Waals surface area contributed by atoms with Gasteiger partial charge in [0.15, 0.2) is 23.0 Å². The second-order valence-corrected chi connectivity index (χ2v) is 6.45. The Hall–Kier alpha value is -3.19. The fourth-order valence-electron chi connectivity index (χ4n) is 2.47. The minimum absolute atomic E-state index is 0.297. The van der Waals surface area contributed by atoms with Crippen molar-refractivity contribution in [1.29, 1.82) is 0 Å². The summed E-state index contributed by atoms with van der Waals surface area (Å²) < 4.78 is 21.7. The largest absolute Gasteiger partial charge is 0.493 e. The molecule has 0 aliphatic rings. The first-order valence-electron chi connectivity index (χ1n) is 9.29. The van der Waals surface area contributed by atoms with Crippen molar-refractivity contribution >= 4 is 23.7 Å². The molecule has 2 rings (SSSR count). The quantitative estimate of drug-likeness (QED) is 0.322. The summed E-state index contributed by atoms with van der Waals surface area (Å²) in [5.41, 5.74) is 3.49. The van der Waals surface area contributed by atoms with E-state index in [4.69, 9.17) is 30.5 Å². The zero-order valence-electron chi connectivity index (χ0n) is 17.2. The lowest BCUT2D eigenvalue weighted by molar-refractivity contribution is 0.0954. The standard InChI is InChI=1S/C22H25ClN2O5/c1-5-9-29-18-8-7-16(13-19(18)27-3)22(26)25-24-14-15-11-17(23)21(30-10-6-2)20(12-15)28-4/h6-8,11-14H,2,5,9-10H2,1,3-4H3,(H,25,26)/b24-14+. The first-order chi connectivity index (χ1) is 14.5. The molecule has 0 aliphatic carbocycles. The smallest absolute Gasteiger partial charge is 0.271 e. The van der Waals surface area contributed by atoms with Crippen molar-refractivity contribution in [2.24, 2.45) is 5.10 Å². The molecule has 1 N–H and O–H groups in total. The van der Waals surface area contributed by atoms with Crippen molar-refractivity contribution < 1.29 is 23.7 Å². The normalized spacial score (nSPS) is 10.5. The molecule has 0 radical (unpaired) electrons. The van der Waals surface area contributed by atoms with E-state index in [0.717, 1.165) is 6.42 Å². The van der Waals surface area contributed by atoms with Gasteiger partial charge in [-0.3, -0.25) is 4.79 Å². The molecule has 0 aromatic heterocycles. The van der Waals surface area contributed by atoms with Crippen LogP contribution >= 0.6 is 11.6 Å². The fraction of sp³-hybridized carbons (Fsp3) is 0.273. The van der Waals surface area contributed by atoms with Crippen molar-refractivity contribution in [3.63, 3.8) is 0 Å². The summed E-state index contributed by atoms with van der Waals surface area (Å²) in [6.07, 6.45) is 3.94. The van der Waals surface area contributed by atoms with E-state index in [1.807, 2.05) is 6.92 Å². The molecule has 0 spiro atoms. The molecule has 0 bridgehead atoms. The number of methoxy groups -OCH3 is 2. The molecule has 0 unspecified atom stereocenters. The van der Waals surface area contributed by atoms with Crippen LogP contribution in [0, 0.1) is 0 Å². The van der Waals surface area contributed by atoms with E-state index in [-0.39, 0.29) is 0 Å². The second kappa shape index (κ2) is 11.7. The molecule has 0 heterocycles. The first kappa shape index (κ1) is 23.1. The van der Waals surface area contributed by atoms with Crippen LogP contribution < -0.4 is 24.4 Å². The maximum absolute atomic E-state index is 12.4. The van der Waals surface area contributed by atoms with Gasteiger partial charge in [0, 0.05) is 5.56 Å². The van der Waals surface area contributed by atoms with Crippen molar-refractivity contribution in [3.8, 4) is 23.0 Å². The van der Waals surface area contributed by atoms with Gasteiger partial charge in [-0.15, -0.1) is 0 Å². The van der Waals surface area contributed by atoms with E-state index in [0.29, 0.717) is 52.4 Å². The van der Waals surface area contributed by atoms with Crippen molar-refractivity contribution in [2.45, 2.75) is 13.3 Å². The number of carbonyl (C=O) groups excluding carboxylic acids is 1. The van der Waals surface area contributed by atoms with Crippen LogP contribution in [0.3, 0.4) is 0 Å². The second-order valence-electron chi connectivity index (χ2n) is 6.05. The van der Waals surface area contributed by atoms with E-state index in [9.17, 15) is 4.79 Å². The van der Waals surface area contributed by atoms with Gasteiger partial charge in [0.1, 0.15) is 6.61 Å². The average Bonchev–Trinajstić information content (AvgIpc) is 2.76. The lowest BCUT2D eigenvalue weighted by Gasteiger charge is -2.12. The van der Waals surface area contributed by atoms with Crippen molar-refractivity contribution in [3.05, 3.63) is 59.1 Å². The van der Waals surface area contributed by atoms with Crippen molar-refractivity contribution in [1.82, 2.24) is 5.43 Å². The molecule has 7 nitrogen and oxygen atoms in total. The van der Waals surface area contributed by atoms with Crippen LogP contribution in [0.5, 0.6) is 23.0 Å². The molecule has 0 atom stereocenters. The number of halogens is 1. The minimum Gasteiger partial charge on any atom is -0.493 e. The molecule has 1 amide bonds. The highest BCUT2D eigenvalue weighted by atomic mass is 35.5. The van der Waals surface area contributed by atoms with Gasteiger partial charge < -0.3 is 18.9 Å². The van der Waals surface area contributed by atoms with Gasteiger partial charge in [-0.1, -0.05) is 31.2 Å². The van der Waals surface area contributed by atoms with E-state index >= 15 is 0 Å². The monoisotopic (exact) mass is 432 g/mol. The van der Waals surface area contributed by atoms with Crippen LogP contribution in [-0.2, 0) is 0 Å². The molecular weight excluding hydrogens is 408 g/mol. The maximum atomic E-state index is 12.4. The van der Waals surface area contributed by atoms with Gasteiger partial charge in [0.05, 0.1) is 32.1 Å². The molecule has 0 aliphatic heterocycles. The Labute approximate surface area is 181 Å². The van der Waals surface area contributed by atoms with E-state index in [1.165, 1.54) is 20.4 Å². The minimum atomic E-state index is -0.393. The molecule has 0 fully saturated rings.